The molecule has 0 bridgehead atoms. The molecule has 0 aliphatic rings. The Hall–Kier alpha value is -3.95. The van der Waals surface area contributed by atoms with Gasteiger partial charge in [0, 0.05) is 29.9 Å². The highest BCUT2D eigenvalue weighted by molar-refractivity contribution is 6.05. The fraction of sp³-hybridized carbons (Fsp3) is 0.400. The molecule has 1 amide bonds. The number of nitrogens with zero attached hydrogens (tertiary/aromatic N) is 5. The van der Waals surface area contributed by atoms with Crippen LogP contribution in [-0.4, -0.2) is 41.7 Å². The molecule has 0 aliphatic carbocycles. The molecule has 0 unspecified atom stereocenters. The number of aryl methyl sites for hydroxylation is 1. The molecule has 0 radical (unpaired) electrons. The van der Waals surface area contributed by atoms with Gasteiger partial charge in [0.2, 0.25) is 0 Å². The van der Waals surface area contributed by atoms with Crippen molar-refractivity contribution in [3.8, 4) is 11.4 Å². The van der Waals surface area contributed by atoms with Gasteiger partial charge in [0.15, 0.2) is 12.4 Å². The summed E-state index contributed by atoms with van der Waals surface area (Å²) in [7, 11) is 1.83. The zero-order chi connectivity index (χ0) is 25.7. The maximum absolute atomic E-state index is 13.2. The van der Waals surface area contributed by atoms with Gasteiger partial charge in [-0.15, -0.1) is 0 Å². The normalized spacial score (nSPS) is 12.3. The van der Waals surface area contributed by atoms with E-state index in [9.17, 15) is 9.59 Å². The molecule has 10 heteroatoms. The summed E-state index contributed by atoms with van der Waals surface area (Å²) < 4.78 is 8.83. The summed E-state index contributed by atoms with van der Waals surface area (Å²) in [5, 5.41) is 8.45. The first-order chi connectivity index (χ1) is 16.2. The van der Waals surface area contributed by atoms with E-state index in [0.717, 1.165) is 10.9 Å². The van der Waals surface area contributed by atoms with Crippen LogP contribution < -0.4 is 11.1 Å². The van der Waals surface area contributed by atoms with Crippen LogP contribution in [0.15, 0.2) is 30.6 Å². The van der Waals surface area contributed by atoms with Crippen molar-refractivity contribution in [1.29, 1.82) is 0 Å². The second-order valence-corrected chi connectivity index (χ2v) is 10.7. The Kier molecular flexibility index (Phi) is 5.78. The molecule has 0 fully saturated rings. The number of nitrogens with two attached hydrogens (primary N) is 1. The highest BCUT2D eigenvalue weighted by Gasteiger charge is 2.26. The van der Waals surface area contributed by atoms with Gasteiger partial charge in [-0.25, -0.2) is 9.97 Å². The summed E-state index contributed by atoms with van der Waals surface area (Å²) in [5.41, 5.74) is 8.64. The number of carbonyl (C=O) groups excluding carboxylic acids is 2. The van der Waals surface area contributed by atoms with E-state index in [2.05, 4.69) is 15.4 Å². The van der Waals surface area contributed by atoms with Crippen molar-refractivity contribution in [3.05, 3.63) is 36.2 Å². The van der Waals surface area contributed by atoms with Crippen molar-refractivity contribution in [1.82, 2.24) is 29.6 Å². The minimum Gasteiger partial charge on any atom is -0.443 e. The number of benzene rings is 1. The van der Waals surface area contributed by atoms with E-state index in [0.29, 0.717) is 33.8 Å². The molecule has 4 aromatic rings. The third kappa shape index (κ3) is 4.82. The molecule has 0 atom stereocenters. The second-order valence-electron chi connectivity index (χ2n) is 10.7. The number of hydrogen-bond acceptors (Lipinski definition) is 7. The van der Waals surface area contributed by atoms with E-state index in [1.807, 2.05) is 46.0 Å². The molecule has 0 aliphatic heterocycles. The number of anilines is 1. The van der Waals surface area contributed by atoms with Gasteiger partial charge in [0.05, 0.1) is 22.7 Å². The molecule has 35 heavy (non-hydrogen) atoms. The summed E-state index contributed by atoms with van der Waals surface area (Å²) >= 11 is 0. The van der Waals surface area contributed by atoms with Gasteiger partial charge < -0.3 is 15.8 Å². The van der Waals surface area contributed by atoms with Gasteiger partial charge in [-0.1, -0.05) is 0 Å². The third-order valence-corrected chi connectivity index (χ3v) is 5.36. The van der Waals surface area contributed by atoms with Crippen LogP contribution >= 0.6 is 0 Å². The van der Waals surface area contributed by atoms with Crippen LogP contribution in [0, 0.1) is 5.41 Å². The molecule has 184 valence electrons. The number of amides is 1. The summed E-state index contributed by atoms with van der Waals surface area (Å²) in [4.78, 5) is 34.8. The van der Waals surface area contributed by atoms with E-state index < -0.39 is 11.0 Å². The van der Waals surface area contributed by atoms with E-state index in [4.69, 9.17) is 15.5 Å². The topological polar surface area (TPSA) is 130 Å². The Balaban J connectivity index is 1.83. The molecule has 0 spiro atoms. The van der Waals surface area contributed by atoms with Gasteiger partial charge in [0.1, 0.15) is 16.9 Å². The van der Waals surface area contributed by atoms with Crippen molar-refractivity contribution in [2.45, 2.75) is 53.8 Å². The van der Waals surface area contributed by atoms with Gasteiger partial charge in [-0.05, 0) is 59.7 Å². The van der Waals surface area contributed by atoms with Gasteiger partial charge in [-0.2, -0.15) is 5.10 Å². The zero-order valence-electron chi connectivity index (χ0n) is 21.1. The molecule has 0 saturated heterocycles. The first kappa shape index (κ1) is 24.2. The van der Waals surface area contributed by atoms with Crippen molar-refractivity contribution in [2.75, 3.05) is 5.73 Å². The standard InChI is InChI=1S/C25H31N7O3/c1-24(2,3)23(34)35-13-32-12-16(22(33)29-25(4,5)6)20-21(32)27-11-17(28-20)19-15-9-8-14(26)10-18(15)31(7)30-19/h8-12H,13,26H2,1-7H3,(H,29,33). The lowest BCUT2D eigenvalue weighted by Gasteiger charge is -2.20. The van der Waals surface area contributed by atoms with Crippen LogP contribution in [0.1, 0.15) is 51.9 Å². The highest BCUT2D eigenvalue weighted by atomic mass is 16.5. The molecule has 10 nitrogen and oxygen atoms in total. The maximum atomic E-state index is 13.2. The number of carbonyl (C=O) groups is 2. The zero-order valence-corrected chi connectivity index (χ0v) is 21.1. The second kappa shape index (κ2) is 8.37. The van der Waals surface area contributed by atoms with Gasteiger partial charge in [0.25, 0.3) is 5.91 Å². The molecule has 0 saturated carbocycles. The summed E-state index contributed by atoms with van der Waals surface area (Å²) in [6.45, 7) is 11.0. The van der Waals surface area contributed by atoms with E-state index in [-0.39, 0.29) is 18.6 Å². The Bertz CT molecular complexity index is 1450. The lowest BCUT2D eigenvalue weighted by atomic mass is 9.98. The Morgan fingerprint density at radius 3 is 2.51 bits per heavy atom. The first-order valence-corrected chi connectivity index (χ1v) is 11.3. The molecular formula is C25H31N7O3. The van der Waals surface area contributed by atoms with Crippen molar-refractivity contribution < 1.29 is 14.3 Å². The van der Waals surface area contributed by atoms with E-state index >= 15 is 0 Å². The predicted molar refractivity (Wildman–Crippen MR) is 134 cm³/mol. The lowest BCUT2D eigenvalue weighted by Crippen LogP contribution is -2.40. The van der Waals surface area contributed by atoms with Crippen LogP contribution in [-0.2, 0) is 23.3 Å². The van der Waals surface area contributed by atoms with Crippen molar-refractivity contribution in [2.24, 2.45) is 12.5 Å². The van der Waals surface area contributed by atoms with Crippen molar-refractivity contribution in [3.63, 3.8) is 0 Å². The number of esters is 1. The largest absolute Gasteiger partial charge is 0.443 e. The summed E-state index contributed by atoms with van der Waals surface area (Å²) in [6, 6.07) is 5.55. The molecule has 4 rings (SSSR count). The molecular weight excluding hydrogens is 446 g/mol. The predicted octanol–water partition coefficient (Wildman–Crippen LogP) is 3.64. The SMILES string of the molecule is Cn1nc(-c2cnc3c(n2)c(C(=O)NC(C)(C)C)cn3COC(=O)C(C)(C)C)c2ccc(N)cc21. The fourth-order valence-corrected chi connectivity index (χ4v) is 3.65. The van der Waals surface area contributed by atoms with Crippen LogP contribution in [0.3, 0.4) is 0 Å². The minimum atomic E-state index is -0.655. The summed E-state index contributed by atoms with van der Waals surface area (Å²) in [5.74, 6) is -0.655. The molecule has 1 aromatic carbocycles. The maximum Gasteiger partial charge on any atom is 0.312 e. The fourth-order valence-electron chi connectivity index (χ4n) is 3.65. The Morgan fingerprint density at radius 1 is 1.14 bits per heavy atom. The smallest absolute Gasteiger partial charge is 0.312 e. The Morgan fingerprint density at radius 2 is 1.86 bits per heavy atom. The average Bonchev–Trinajstić information content (AvgIpc) is 3.27. The van der Waals surface area contributed by atoms with Gasteiger partial charge in [-0.3, -0.25) is 18.8 Å². The van der Waals surface area contributed by atoms with Gasteiger partial charge >= 0.3 is 5.97 Å². The number of rotatable bonds is 4. The van der Waals surface area contributed by atoms with E-state index in [1.165, 1.54) is 0 Å². The lowest BCUT2D eigenvalue weighted by molar-refractivity contribution is -0.156. The van der Waals surface area contributed by atoms with Crippen molar-refractivity contribution >= 4 is 39.6 Å². The number of nitrogen functional groups attached to an aromatic ring is 1. The average molecular weight is 478 g/mol. The number of fused-ring (bicyclic) bond motifs is 2. The van der Waals surface area contributed by atoms with Crippen LogP contribution in [0.2, 0.25) is 0 Å². The number of aromatic nitrogens is 5. The summed E-state index contributed by atoms with van der Waals surface area (Å²) in [6.07, 6.45) is 3.22. The molecule has 3 aromatic heterocycles. The Labute approximate surface area is 203 Å². The number of ether oxygens (including phenoxy) is 1. The third-order valence-electron chi connectivity index (χ3n) is 5.36. The van der Waals surface area contributed by atoms with Crippen LogP contribution in [0.25, 0.3) is 33.5 Å². The highest BCUT2D eigenvalue weighted by Crippen LogP contribution is 2.29. The van der Waals surface area contributed by atoms with Crippen LogP contribution in [0.5, 0.6) is 0 Å². The minimum absolute atomic E-state index is 0.0881. The molecule has 3 N–H and O–H groups in total. The quantitative estimate of drug-likeness (QED) is 0.339. The van der Waals surface area contributed by atoms with Crippen LogP contribution in [0.4, 0.5) is 5.69 Å². The monoisotopic (exact) mass is 477 g/mol. The first-order valence-electron chi connectivity index (χ1n) is 11.3. The number of nitrogens with one attached hydrogen (secondary N) is 1. The molecule has 3 heterocycles. The number of hydrogen-bond donors (Lipinski definition) is 2. The van der Waals surface area contributed by atoms with E-state index in [1.54, 1.807) is 42.4 Å².